The van der Waals surface area contributed by atoms with Gasteiger partial charge in [-0.15, -0.1) is 0 Å². The van der Waals surface area contributed by atoms with E-state index in [1.54, 1.807) is 9.80 Å². The van der Waals surface area contributed by atoms with Crippen LogP contribution in [-0.2, 0) is 9.59 Å². The molecular formula is C10H19N3O2. The Morgan fingerprint density at radius 1 is 1.40 bits per heavy atom. The molecule has 2 amide bonds. The van der Waals surface area contributed by atoms with Gasteiger partial charge in [0.1, 0.15) is 0 Å². The Balaban J connectivity index is 2.72. The molecule has 15 heavy (non-hydrogen) atoms. The zero-order valence-corrected chi connectivity index (χ0v) is 9.40. The van der Waals surface area contributed by atoms with Gasteiger partial charge in [-0.1, -0.05) is 0 Å². The first kappa shape index (κ1) is 12.0. The minimum atomic E-state index is 0.000602. The molecule has 1 fully saturated rings. The van der Waals surface area contributed by atoms with Crippen LogP contribution in [-0.4, -0.2) is 53.8 Å². The first-order chi connectivity index (χ1) is 7.10. The number of nitrogens with zero attached hydrogens (tertiary/aromatic N) is 2. The Bertz CT molecular complexity index is 255. The predicted molar refractivity (Wildman–Crippen MR) is 57.1 cm³/mol. The zero-order chi connectivity index (χ0) is 11.4. The van der Waals surface area contributed by atoms with Crippen LogP contribution in [0.1, 0.15) is 20.3 Å². The summed E-state index contributed by atoms with van der Waals surface area (Å²) >= 11 is 0. The molecule has 86 valence electrons. The van der Waals surface area contributed by atoms with Crippen molar-refractivity contribution < 1.29 is 9.59 Å². The van der Waals surface area contributed by atoms with E-state index in [9.17, 15) is 9.59 Å². The van der Waals surface area contributed by atoms with Crippen molar-refractivity contribution >= 4 is 11.8 Å². The number of carbonyl (C=O) groups is 2. The fourth-order valence-corrected chi connectivity index (χ4v) is 1.72. The summed E-state index contributed by atoms with van der Waals surface area (Å²) in [6, 6.07) is 0.0158. The molecule has 2 N–H and O–H groups in total. The maximum absolute atomic E-state index is 11.8. The first-order valence-corrected chi connectivity index (χ1v) is 5.37. The summed E-state index contributed by atoms with van der Waals surface area (Å²) in [4.78, 5) is 26.7. The highest BCUT2D eigenvalue weighted by Crippen LogP contribution is 2.08. The number of hydrogen-bond donors (Lipinski definition) is 1. The summed E-state index contributed by atoms with van der Waals surface area (Å²) in [6.45, 7) is 5.50. The van der Waals surface area contributed by atoms with E-state index in [-0.39, 0.29) is 24.4 Å². The van der Waals surface area contributed by atoms with Crippen LogP contribution in [0.2, 0.25) is 0 Å². The molecule has 0 aromatic carbocycles. The van der Waals surface area contributed by atoms with Gasteiger partial charge in [-0.3, -0.25) is 9.59 Å². The summed E-state index contributed by atoms with van der Waals surface area (Å²) in [5.74, 6) is 0.0539. The van der Waals surface area contributed by atoms with E-state index in [1.807, 2.05) is 13.8 Å². The molecule has 1 rings (SSSR count). The van der Waals surface area contributed by atoms with Crippen LogP contribution in [0.5, 0.6) is 0 Å². The molecule has 0 radical (unpaired) electrons. The number of carbonyl (C=O) groups excluding carboxylic acids is 2. The molecule has 1 atom stereocenters. The second kappa shape index (κ2) is 5.11. The Hall–Kier alpha value is -1.10. The maximum atomic E-state index is 11.8. The van der Waals surface area contributed by atoms with Gasteiger partial charge in [0.15, 0.2) is 0 Å². The smallest absolute Gasteiger partial charge is 0.242 e. The van der Waals surface area contributed by atoms with E-state index < -0.39 is 0 Å². The van der Waals surface area contributed by atoms with Crippen molar-refractivity contribution in [1.82, 2.24) is 9.80 Å². The average Bonchev–Trinajstić information content (AvgIpc) is 2.37. The van der Waals surface area contributed by atoms with Gasteiger partial charge in [0.05, 0.1) is 6.54 Å². The third kappa shape index (κ3) is 2.68. The van der Waals surface area contributed by atoms with Crippen LogP contribution < -0.4 is 5.73 Å². The van der Waals surface area contributed by atoms with Gasteiger partial charge < -0.3 is 15.5 Å². The van der Waals surface area contributed by atoms with Crippen LogP contribution in [0, 0.1) is 0 Å². The highest BCUT2D eigenvalue weighted by molar-refractivity contribution is 5.87. The molecule has 5 nitrogen and oxygen atoms in total. The zero-order valence-electron chi connectivity index (χ0n) is 9.40. The molecule has 0 spiro atoms. The molecule has 1 saturated heterocycles. The molecule has 0 aromatic rings. The number of nitrogens with two attached hydrogens (primary N) is 1. The lowest BCUT2D eigenvalue weighted by atomic mass is 10.2. The van der Waals surface area contributed by atoms with Crippen molar-refractivity contribution in [2.24, 2.45) is 5.73 Å². The standard InChI is InChI=1S/C10H19N3O2/c1-3-12-7-10(15)13(8(2)6-11)5-4-9(12)14/h8H,3-7,11H2,1-2H3. The van der Waals surface area contributed by atoms with Crippen molar-refractivity contribution in [1.29, 1.82) is 0 Å². The fraction of sp³-hybridized carbons (Fsp3) is 0.800. The van der Waals surface area contributed by atoms with Gasteiger partial charge in [-0.05, 0) is 13.8 Å². The maximum Gasteiger partial charge on any atom is 0.242 e. The SMILES string of the molecule is CCN1CC(=O)N(C(C)CN)CCC1=O. The summed E-state index contributed by atoms with van der Waals surface area (Å²) < 4.78 is 0. The number of rotatable bonds is 3. The second-order valence-electron chi connectivity index (χ2n) is 3.83. The highest BCUT2D eigenvalue weighted by Gasteiger charge is 2.27. The summed E-state index contributed by atoms with van der Waals surface area (Å²) in [7, 11) is 0. The number of amides is 2. The van der Waals surface area contributed by atoms with E-state index in [0.29, 0.717) is 26.1 Å². The van der Waals surface area contributed by atoms with Crippen LogP contribution in [0.25, 0.3) is 0 Å². The quantitative estimate of drug-likeness (QED) is 0.681. The third-order valence-corrected chi connectivity index (χ3v) is 2.82. The molecule has 0 saturated carbocycles. The summed E-state index contributed by atoms with van der Waals surface area (Å²) in [6.07, 6.45) is 0.407. The molecule has 1 aliphatic rings. The molecule has 1 heterocycles. The monoisotopic (exact) mass is 213 g/mol. The lowest BCUT2D eigenvalue weighted by Crippen LogP contribution is -2.45. The van der Waals surface area contributed by atoms with Gasteiger partial charge in [0.2, 0.25) is 11.8 Å². The van der Waals surface area contributed by atoms with Gasteiger partial charge in [0, 0.05) is 32.1 Å². The fourth-order valence-electron chi connectivity index (χ4n) is 1.72. The van der Waals surface area contributed by atoms with Crippen LogP contribution in [0.3, 0.4) is 0 Å². The van der Waals surface area contributed by atoms with Crippen molar-refractivity contribution in [3.63, 3.8) is 0 Å². The van der Waals surface area contributed by atoms with E-state index in [4.69, 9.17) is 5.73 Å². The average molecular weight is 213 g/mol. The van der Waals surface area contributed by atoms with Crippen molar-refractivity contribution in [2.75, 3.05) is 26.2 Å². The Morgan fingerprint density at radius 2 is 2.07 bits per heavy atom. The lowest BCUT2D eigenvalue weighted by Gasteiger charge is -2.26. The second-order valence-corrected chi connectivity index (χ2v) is 3.83. The minimum absolute atomic E-state index is 0.000602. The predicted octanol–water partition coefficient (Wildman–Crippen LogP) is -0.586. The van der Waals surface area contributed by atoms with Crippen molar-refractivity contribution in [3.8, 4) is 0 Å². The van der Waals surface area contributed by atoms with Crippen LogP contribution in [0.15, 0.2) is 0 Å². The first-order valence-electron chi connectivity index (χ1n) is 5.37. The van der Waals surface area contributed by atoms with E-state index in [0.717, 1.165) is 0 Å². The number of hydrogen-bond acceptors (Lipinski definition) is 3. The third-order valence-electron chi connectivity index (χ3n) is 2.82. The van der Waals surface area contributed by atoms with Crippen molar-refractivity contribution in [2.45, 2.75) is 26.3 Å². The summed E-state index contributed by atoms with van der Waals surface area (Å²) in [5, 5.41) is 0. The molecule has 5 heteroatoms. The van der Waals surface area contributed by atoms with Gasteiger partial charge in [0.25, 0.3) is 0 Å². The van der Waals surface area contributed by atoms with E-state index in [1.165, 1.54) is 0 Å². The Labute approximate surface area is 90.2 Å². The van der Waals surface area contributed by atoms with Crippen LogP contribution in [0.4, 0.5) is 0 Å². The van der Waals surface area contributed by atoms with E-state index >= 15 is 0 Å². The minimum Gasteiger partial charge on any atom is -0.337 e. The van der Waals surface area contributed by atoms with E-state index in [2.05, 4.69) is 0 Å². The van der Waals surface area contributed by atoms with Gasteiger partial charge in [-0.25, -0.2) is 0 Å². The normalized spacial score (nSPS) is 20.5. The van der Waals surface area contributed by atoms with Gasteiger partial charge >= 0.3 is 0 Å². The van der Waals surface area contributed by atoms with Gasteiger partial charge in [-0.2, -0.15) is 0 Å². The topological polar surface area (TPSA) is 66.6 Å². The number of likely N-dealkylation sites (N-methyl/N-ethyl adjacent to an activating group) is 1. The highest BCUT2D eigenvalue weighted by atomic mass is 16.2. The molecule has 0 aliphatic carbocycles. The lowest BCUT2D eigenvalue weighted by molar-refractivity contribution is -0.136. The van der Waals surface area contributed by atoms with Crippen LogP contribution >= 0.6 is 0 Å². The molecule has 0 bridgehead atoms. The summed E-state index contributed by atoms with van der Waals surface area (Å²) in [5.41, 5.74) is 5.53. The molecular weight excluding hydrogens is 194 g/mol. The largest absolute Gasteiger partial charge is 0.337 e. The molecule has 1 aliphatic heterocycles. The van der Waals surface area contributed by atoms with Crippen molar-refractivity contribution in [3.05, 3.63) is 0 Å². The Kier molecular flexibility index (Phi) is 4.08. The molecule has 1 unspecified atom stereocenters. The molecule has 0 aromatic heterocycles. The Morgan fingerprint density at radius 3 is 2.60 bits per heavy atom.